The number of hydrogen-bond donors (Lipinski definition) is 3. The van der Waals surface area contributed by atoms with Crippen molar-refractivity contribution in [3.63, 3.8) is 0 Å². The Morgan fingerprint density at radius 2 is 2.15 bits per heavy atom. The van der Waals surface area contributed by atoms with Crippen molar-refractivity contribution in [2.45, 2.75) is 13.5 Å². The van der Waals surface area contributed by atoms with Gasteiger partial charge in [0.05, 0.1) is 15.6 Å². The van der Waals surface area contributed by atoms with Crippen LogP contribution in [0.3, 0.4) is 0 Å². The Kier molecular flexibility index (Phi) is 5.50. The maximum Gasteiger partial charge on any atom is 0.244 e. The second-order valence-corrected chi connectivity index (χ2v) is 7.08. The van der Waals surface area contributed by atoms with Crippen molar-refractivity contribution < 1.29 is 9.59 Å². The third-order valence-electron chi connectivity index (χ3n) is 3.37. The van der Waals surface area contributed by atoms with Gasteiger partial charge >= 0.3 is 0 Å². The minimum atomic E-state index is -0.274. The van der Waals surface area contributed by atoms with E-state index in [2.05, 4.69) is 20.8 Å². The number of benzene rings is 1. The predicted molar refractivity (Wildman–Crippen MR) is 105 cm³/mol. The molecular weight excluding hydrogens is 394 g/mol. The molecule has 3 aromatic rings. The molecule has 3 N–H and O–H groups in total. The van der Waals surface area contributed by atoms with Crippen LogP contribution in [0.25, 0.3) is 10.7 Å². The summed E-state index contributed by atoms with van der Waals surface area (Å²) in [5, 5.41) is 14.5. The maximum absolute atomic E-state index is 12.4. The fourth-order valence-corrected chi connectivity index (χ4v) is 3.43. The Hall–Kier alpha value is -2.49. The fraction of sp³-hybridized carbons (Fsp3) is 0.125. The quantitative estimate of drug-likeness (QED) is 0.559. The summed E-state index contributed by atoms with van der Waals surface area (Å²) < 4.78 is 1.99. The molecule has 0 aliphatic rings. The molecule has 10 heteroatoms. The molecule has 0 unspecified atom stereocenters. The molecule has 0 radical (unpaired) electrons. The van der Waals surface area contributed by atoms with E-state index in [1.165, 1.54) is 18.3 Å². The zero-order valence-electron chi connectivity index (χ0n) is 13.6. The Morgan fingerprint density at radius 1 is 1.35 bits per heavy atom. The lowest BCUT2D eigenvalue weighted by atomic mass is 10.2. The molecule has 3 rings (SSSR count). The van der Waals surface area contributed by atoms with E-state index in [4.69, 9.17) is 23.8 Å². The summed E-state index contributed by atoms with van der Waals surface area (Å²) in [4.78, 5) is 24.4. The van der Waals surface area contributed by atoms with E-state index < -0.39 is 0 Å². The molecule has 0 aliphatic carbocycles. The Morgan fingerprint density at radius 3 is 2.81 bits per heavy atom. The number of hydrogen-bond acceptors (Lipinski definition) is 5. The zero-order valence-corrected chi connectivity index (χ0v) is 16.0. The van der Waals surface area contributed by atoms with Crippen molar-refractivity contribution in [1.82, 2.24) is 14.8 Å². The van der Waals surface area contributed by atoms with Crippen molar-refractivity contribution in [2.75, 3.05) is 10.6 Å². The van der Waals surface area contributed by atoms with Gasteiger partial charge in [0.1, 0.15) is 6.54 Å². The normalized spacial score (nSPS) is 10.5. The number of halogens is 1. The van der Waals surface area contributed by atoms with Gasteiger partial charge in [-0.3, -0.25) is 19.3 Å². The van der Waals surface area contributed by atoms with Crippen LogP contribution in [0.5, 0.6) is 0 Å². The summed E-state index contributed by atoms with van der Waals surface area (Å²) in [6.45, 7) is 1.40. The van der Waals surface area contributed by atoms with E-state index in [1.54, 1.807) is 22.8 Å². The summed E-state index contributed by atoms with van der Waals surface area (Å²) in [5.41, 5.74) is 0.996. The van der Waals surface area contributed by atoms with Crippen LogP contribution in [0.15, 0.2) is 35.7 Å². The van der Waals surface area contributed by atoms with Crippen molar-refractivity contribution in [3.05, 3.63) is 45.5 Å². The summed E-state index contributed by atoms with van der Waals surface area (Å²) in [6.07, 6.45) is 0. The van der Waals surface area contributed by atoms with Crippen molar-refractivity contribution >= 4 is 58.3 Å². The number of carbonyl (C=O) groups is 2. The number of aromatic nitrogens is 3. The number of aromatic amines is 1. The van der Waals surface area contributed by atoms with Gasteiger partial charge in [0.25, 0.3) is 0 Å². The Bertz CT molecular complexity index is 1010. The molecule has 134 valence electrons. The molecule has 1 aromatic carbocycles. The lowest BCUT2D eigenvalue weighted by Gasteiger charge is -2.10. The average molecular weight is 408 g/mol. The molecule has 7 nitrogen and oxygen atoms in total. The Labute approximate surface area is 163 Å². The summed E-state index contributed by atoms with van der Waals surface area (Å²) >= 11 is 12.8. The number of nitrogens with zero attached hydrogens (tertiary/aromatic N) is 2. The van der Waals surface area contributed by atoms with E-state index in [-0.39, 0.29) is 18.4 Å². The van der Waals surface area contributed by atoms with E-state index in [1.807, 2.05) is 17.5 Å². The van der Waals surface area contributed by atoms with E-state index in [9.17, 15) is 9.59 Å². The van der Waals surface area contributed by atoms with Crippen LogP contribution in [-0.4, -0.2) is 26.6 Å². The summed E-state index contributed by atoms with van der Waals surface area (Å²) in [6, 6.07) is 8.66. The number of thiophene rings is 1. The highest BCUT2D eigenvalue weighted by Crippen LogP contribution is 2.26. The second-order valence-electron chi connectivity index (χ2n) is 5.34. The standard InChI is InChI=1S/C16H14ClN5O2S2/c1-9(23)18-12-5-4-10(7-11(12)17)19-14(24)8-22-15(20-21-16(22)25)13-3-2-6-26-13/h2-7H,8H2,1H3,(H,18,23)(H,19,24)(H,21,25). The number of rotatable bonds is 5. The van der Waals surface area contributed by atoms with Crippen molar-refractivity contribution in [2.24, 2.45) is 0 Å². The molecule has 2 amide bonds. The molecule has 0 saturated heterocycles. The van der Waals surface area contributed by atoms with Gasteiger partial charge in [-0.15, -0.1) is 11.3 Å². The predicted octanol–water partition coefficient (Wildman–Crippen LogP) is 3.92. The van der Waals surface area contributed by atoms with E-state index >= 15 is 0 Å². The van der Waals surface area contributed by atoms with Crippen LogP contribution in [0.2, 0.25) is 5.02 Å². The fourth-order valence-electron chi connectivity index (χ4n) is 2.29. The van der Waals surface area contributed by atoms with Crippen molar-refractivity contribution in [1.29, 1.82) is 0 Å². The molecule has 26 heavy (non-hydrogen) atoms. The molecule has 0 spiro atoms. The van der Waals surface area contributed by atoms with Gasteiger partial charge in [0, 0.05) is 12.6 Å². The molecule has 2 heterocycles. The third-order valence-corrected chi connectivity index (χ3v) is 4.86. The number of nitrogens with one attached hydrogen (secondary N) is 3. The first-order valence-electron chi connectivity index (χ1n) is 7.50. The Balaban J connectivity index is 1.74. The number of amides is 2. The highest BCUT2D eigenvalue weighted by molar-refractivity contribution is 7.71. The molecule has 0 aliphatic heterocycles. The third kappa shape index (κ3) is 4.18. The van der Waals surface area contributed by atoms with Crippen LogP contribution in [0.1, 0.15) is 6.92 Å². The number of carbonyl (C=O) groups excluding carboxylic acids is 2. The number of H-pyrrole nitrogens is 1. The average Bonchev–Trinajstić information content (AvgIpc) is 3.20. The molecule has 0 atom stereocenters. The minimum absolute atomic E-state index is 0.00757. The molecule has 2 aromatic heterocycles. The van der Waals surface area contributed by atoms with Crippen LogP contribution in [0.4, 0.5) is 11.4 Å². The lowest BCUT2D eigenvalue weighted by molar-refractivity contribution is -0.117. The van der Waals surface area contributed by atoms with Crippen LogP contribution >= 0.6 is 35.2 Å². The smallest absolute Gasteiger partial charge is 0.244 e. The first-order chi connectivity index (χ1) is 12.4. The topological polar surface area (TPSA) is 91.8 Å². The van der Waals surface area contributed by atoms with Crippen molar-refractivity contribution in [3.8, 4) is 10.7 Å². The molecule has 0 fully saturated rings. The summed E-state index contributed by atoms with van der Waals surface area (Å²) in [5.74, 6) is 0.113. The van der Waals surface area contributed by atoms with Crippen LogP contribution in [-0.2, 0) is 16.1 Å². The first kappa shape index (κ1) is 18.3. The van der Waals surface area contributed by atoms with Gasteiger partial charge in [0.15, 0.2) is 10.6 Å². The van der Waals surface area contributed by atoms with Crippen LogP contribution in [0, 0.1) is 4.77 Å². The number of anilines is 2. The van der Waals surface area contributed by atoms with Gasteiger partial charge < -0.3 is 10.6 Å². The lowest BCUT2D eigenvalue weighted by Crippen LogP contribution is -2.19. The molecule has 0 bridgehead atoms. The largest absolute Gasteiger partial charge is 0.325 e. The maximum atomic E-state index is 12.4. The SMILES string of the molecule is CC(=O)Nc1ccc(NC(=O)Cn2c(-c3cccs3)n[nH]c2=S)cc1Cl. The monoisotopic (exact) mass is 407 g/mol. The van der Waals surface area contributed by atoms with E-state index in [0.717, 1.165) is 4.88 Å². The van der Waals surface area contributed by atoms with E-state index in [0.29, 0.717) is 27.0 Å². The highest BCUT2D eigenvalue weighted by Gasteiger charge is 2.14. The molecule has 0 saturated carbocycles. The van der Waals surface area contributed by atoms with Gasteiger partial charge in [-0.25, -0.2) is 0 Å². The molecular formula is C16H14ClN5O2S2. The van der Waals surface area contributed by atoms with Gasteiger partial charge in [0.2, 0.25) is 11.8 Å². The zero-order chi connectivity index (χ0) is 18.7. The first-order valence-corrected chi connectivity index (χ1v) is 9.16. The van der Waals surface area contributed by atoms with Gasteiger partial charge in [-0.05, 0) is 41.9 Å². The van der Waals surface area contributed by atoms with Gasteiger partial charge in [-0.1, -0.05) is 17.7 Å². The van der Waals surface area contributed by atoms with Gasteiger partial charge in [-0.2, -0.15) is 5.10 Å². The summed E-state index contributed by atoms with van der Waals surface area (Å²) in [7, 11) is 0. The van der Waals surface area contributed by atoms with Crippen LogP contribution < -0.4 is 10.6 Å². The second kappa shape index (κ2) is 7.81. The highest BCUT2D eigenvalue weighted by atomic mass is 35.5. The minimum Gasteiger partial charge on any atom is -0.325 e.